The molecule has 7 heteroatoms. The summed E-state index contributed by atoms with van der Waals surface area (Å²) in [4.78, 5) is 12.2. The zero-order valence-corrected chi connectivity index (χ0v) is 13.0. The number of carbonyl (C=O) groups excluding carboxylic acids is 1. The Morgan fingerprint density at radius 3 is 2.60 bits per heavy atom. The van der Waals surface area contributed by atoms with E-state index in [0.717, 1.165) is 32.2 Å². The van der Waals surface area contributed by atoms with Gasteiger partial charge in [-0.05, 0) is 39.2 Å². The maximum Gasteiger partial charge on any atom is 0.227 e. The van der Waals surface area contributed by atoms with Crippen molar-refractivity contribution in [2.45, 2.75) is 32.6 Å². The smallest absolute Gasteiger partial charge is 0.227 e. The van der Waals surface area contributed by atoms with Gasteiger partial charge in [0.25, 0.3) is 0 Å². The van der Waals surface area contributed by atoms with Crippen LogP contribution < -0.4 is 10.6 Å². The summed E-state index contributed by atoms with van der Waals surface area (Å²) in [6, 6.07) is 0. The van der Waals surface area contributed by atoms with Crippen molar-refractivity contribution < 1.29 is 13.2 Å². The van der Waals surface area contributed by atoms with Crippen LogP contribution in [-0.2, 0) is 14.8 Å². The minimum atomic E-state index is -3.20. The Bertz CT molecular complexity index is 438. The van der Waals surface area contributed by atoms with Crippen LogP contribution in [-0.4, -0.2) is 57.1 Å². The molecule has 2 aliphatic rings. The number of hydrogen-bond donors (Lipinski definition) is 2. The number of nitrogens with zero attached hydrogens (tertiary/aromatic N) is 1. The fourth-order valence-electron chi connectivity index (χ4n) is 2.85. The molecule has 1 amide bonds. The van der Waals surface area contributed by atoms with Crippen LogP contribution in [0.25, 0.3) is 0 Å². The molecule has 0 aromatic rings. The Kier molecular flexibility index (Phi) is 5.04. The van der Waals surface area contributed by atoms with E-state index in [2.05, 4.69) is 10.6 Å². The maximum absolute atomic E-state index is 12.2. The lowest BCUT2D eigenvalue weighted by atomic mass is 9.82. The lowest BCUT2D eigenvalue weighted by Crippen LogP contribution is -2.49. The summed E-state index contributed by atoms with van der Waals surface area (Å²) in [5.41, 5.74) is -0.407. The van der Waals surface area contributed by atoms with Gasteiger partial charge in [-0.2, -0.15) is 0 Å². The molecule has 0 unspecified atom stereocenters. The van der Waals surface area contributed by atoms with Crippen molar-refractivity contribution in [3.05, 3.63) is 0 Å². The summed E-state index contributed by atoms with van der Waals surface area (Å²) in [6.07, 6.45) is 3.71. The van der Waals surface area contributed by atoms with Gasteiger partial charge in [0.05, 0.1) is 11.2 Å². The highest BCUT2D eigenvalue weighted by molar-refractivity contribution is 7.89. The quantitative estimate of drug-likeness (QED) is 0.744. The molecule has 2 heterocycles. The topological polar surface area (TPSA) is 78.5 Å². The van der Waals surface area contributed by atoms with Crippen LogP contribution in [0, 0.1) is 5.41 Å². The van der Waals surface area contributed by atoms with E-state index in [1.165, 1.54) is 4.31 Å². The Hall–Kier alpha value is -0.660. The SMILES string of the molecule is C[C@@]1(C(=O)NCCS(=O)(=O)N2CCCC2)CCCNC1. The van der Waals surface area contributed by atoms with Crippen molar-refractivity contribution in [1.29, 1.82) is 0 Å². The highest BCUT2D eigenvalue weighted by Gasteiger charge is 2.34. The van der Waals surface area contributed by atoms with Gasteiger partial charge in [-0.25, -0.2) is 12.7 Å². The van der Waals surface area contributed by atoms with Crippen molar-refractivity contribution in [3.8, 4) is 0 Å². The number of carbonyl (C=O) groups is 1. The molecule has 20 heavy (non-hydrogen) atoms. The molecule has 2 aliphatic heterocycles. The Labute approximate surface area is 121 Å². The van der Waals surface area contributed by atoms with E-state index in [4.69, 9.17) is 0 Å². The van der Waals surface area contributed by atoms with Crippen LogP contribution in [0.1, 0.15) is 32.6 Å². The average Bonchev–Trinajstić information content (AvgIpc) is 2.94. The number of amides is 1. The molecule has 2 rings (SSSR count). The molecule has 0 bridgehead atoms. The van der Waals surface area contributed by atoms with Gasteiger partial charge < -0.3 is 10.6 Å². The van der Waals surface area contributed by atoms with Gasteiger partial charge in [0.1, 0.15) is 0 Å². The predicted molar refractivity (Wildman–Crippen MR) is 77.8 cm³/mol. The number of hydrogen-bond acceptors (Lipinski definition) is 4. The van der Waals surface area contributed by atoms with Crippen LogP contribution >= 0.6 is 0 Å². The van der Waals surface area contributed by atoms with Gasteiger partial charge in [-0.1, -0.05) is 0 Å². The Balaban J connectivity index is 1.78. The summed E-state index contributed by atoms with van der Waals surface area (Å²) in [5, 5.41) is 6.01. The molecule has 116 valence electrons. The third-order valence-electron chi connectivity index (χ3n) is 4.25. The minimum Gasteiger partial charge on any atom is -0.355 e. The first-order valence-corrected chi connectivity index (χ1v) is 9.02. The number of rotatable bonds is 5. The number of sulfonamides is 1. The van der Waals surface area contributed by atoms with E-state index in [0.29, 0.717) is 19.6 Å². The summed E-state index contributed by atoms with van der Waals surface area (Å²) in [7, 11) is -3.20. The standard InChI is InChI=1S/C13H25N3O3S/c1-13(5-4-6-14-11-13)12(17)15-7-10-20(18,19)16-8-2-3-9-16/h14H,2-11H2,1H3,(H,15,17)/t13-/m1/s1. The van der Waals surface area contributed by atoms with E-state index < -0.39 is 15.4 Å². The molecular weight excluding hydrogens is 278 g/mol. The van der Waals surface area contributed by atoms with Crippen molar-refractivity contribution in [2.75, 3.05) is 38.5 Å². The van der Waals surface area contributed by atoms with Crippen molar-refractivity contribution in [1.82, 2.24) is 14.9 Å². The zero-order chi connectivity index (χ0) is 14.6. The lowest BCUT2D eigenvalue weighted by Gasteiger charge is -2.32. The molecule has 0 saturated carbocycles. The zero-order valence-electron chi connectivity index (χ0n) is 12.2. The molecule has 2 fully saturated rings. The second kappa shape index (κ2) is 6.41. The Morgan fingerprint density at radius 1 is 1.30 bits per heavy atom. The molecule has 1 atom stereocenters. The maximum atomic E-state index is 12.2. The highest BCUT2D eigenvalue weighted by Crippen LogP contribution is 2.25. The van der Waals surface area contributed by atoms with E-state index in [-0.39, 0.29) is 18.2 Å². The van der Waals surface area contributed by atoms with Crippen molar-refractivity contribution >= 4 is 15.9 Å². The van der Waals surface area contributed by atoms with Crippen molar-refractivity contribution in [2.24, 2.45) is 5.41 Å². The van der Waals surface area contributed by atoms with Gasteiger partial charge in [0.15, 0.2) is 0 Å². The van der Waals surface area contributed by atoms with Gasteiger partial charge in [-0.15, -0.1) is 0 Å². The van der Waals surface area contributed by atoms with Crippen LogP contribution in [0.4, 0.5) is 0 Å². The van der Waals surface area contributed by atoms with Gasteiger partial charge in [-0.3, -0.25) is 4.79 Å². The van der Waals surface area contributed by atoms with Crippen LogP contribution in [0.3, 0.4) is 0 Å². The molecule has 0 aromatic heterocycles. The third-order valence-corrected chi connectivity index (χ3v) is 6.12. The number of piperidine rings is 1. The predicted octanol–water partition coefficient (Wildman–Crippen LogP) is -0.0821. The molecule has 6 nitrogen and oxygen atoms in total. The minimum absolute atomic E-state index is 0.00223. The number of nitrogens with one attached hydrogen (secondary N) is 2. The molecule has 2 N–H and O–H groups in total. The normalized spacial score (nSPS) is 28.4. The first-order valence-electron chi connectivity index (χ1n) is 7.41. The van der Waals surface area contributed by atoms with Crippen LogP contribution in [0.5, 0.6) is 0 Å². The van der Waals surface area contributed by atoms with Gasteiger partial charge in [0, 0.05) is 26.2 Å². The monoisotopic (exact) mass is 303 g/mol. The van der Waals surface area contributed by atoms with Gasteiger partial charge >= 0.3 is 0 Å². The average molecular weight is 303 g/mol. The molecule has 0 spiro atoms. The van der Waals surface area contributed by atoms with Crippen LogP contribution in [0.15, 0.2) is 0 Å². The molecule has 2 saturated heterocycles. The summed E-state index contributed by atoms with van der Waals surface area (Å²) in [6.45, 7) is 5.00. The fourth-order valence-corrected chi connectivity index (χ4v) is 4.29. The third kappa shape index (κ3) is 3.71. The molecule has 0 radical (unpaired) electrons. The Morgan fingerprint density at radius 2 is 2.00 bits per heavy atom. The van der Waals surface area contributed by atoms with Gasteiger partial charge in [0.2, 0.25) is 15.9 Å². The fraction of sp³-hybridized carbons (Fsp3) is 0.923. The summed E-state index contributed by atoms with van der Waals surface area (Å²) < 4.78 is 25.6. The largest absolute Gasteiger partial charge is 0.355 e. The summed E-state index contributed by atoms with van der Waals surface area (Å²) in [5.74, 6) is -0.0382. The first-order chi connectivity index (χ1) is 9.44. The summed E-state index contributed by atoms with van der Waals surface area (Å²) >= 11 is 0. The molecule has 0 aliphatic carbocycles. The van der Waals surface area contributed by atoms with Crippen LogP contribution in [0.2, 0.25) is 0 Å². The van der Waals surface area contributed by atoms with E-state index in [1.807, 2.05) is 6.92 Å². The highest BCUT2D eigenvalue weighted by atomic mass is 32.2. The van der Waals surface area contributed by atoms with E-state index in [1.54, 1.807) is 0 Å². The lowest BCUT2D eigenvalue weighted by molar-refractivity contribution is -0.130. The van der Waals surface area contributed by atoms with E-state index in [9.17, 15) is 13.2 Å². The van der Waals surface area contributed by atoms with E-state index >= 15 is 0 Å². The molecule has 0 aromatic carbocycles. The first kappa shape index (κ1) is 15.7. The molecular formula is C13H25N3O3S. The second-order valence-electron chi connectivity index (χ2n) is 6.02. The second-order valence-corrected chi connectivity index (χ2v) is 8.11. The van der Waals surface area contributed by atoms with Crippen molar-refractivity contribution in [3.63, 3.8) is 0 Å².